The highest BCUT2D eigenvalue weighted by Crippen LogP contribution is 2.27. The molecule has 0 aromatic heterocycles. The summed E-state index contributed by atoms with van der Waals surface area (Å²) in [6.45, 7) is 4.32. The second-order valence-corrected chi connectivity index (χ2v) is 7.75. The number of piperidine rings is 1. The molecule has 2 aromatic rings. The quantitative estimate of drug-likeness (QED) is 0.691. The largest absolute Gasteiger partial charge is 0.488 e. The molecule has 154 valence electrons. The molecule has 0 unspecified atom stereocenters. The minimum Gasteiger partial charge on any atom is -0.488 e. The van der Waals surface area contributed by atoms with Gasteiger partial charge in [0.2, 0.25) is 0 Å². The number of fused-ring (bicyclic) bond motifs is 4. The molecule has 3 saturated heterocycles. The number of nitrogens with zero attached hydrogens (tertiary/aromatic N) is 1. The first-order valence-corrected chi connectivity index (χ1v) is 9.66. The molecule has 1 N–H and O–H groups in total. The van der Waals surface area contributed by atoms with E-state index in [1.807, 2.05) is 18.2 Å². The van der Waals surface area contributed by atoms with Crippen LogP contribution in [0.5, 0.6) is 5.75 Å². The van der Waals surface area contributed by atoms with E-state index in [4.69, 9.17) is 16.3 Å². The van der Waals surface area contributed by atoms with E-state index in [-0.39, 0.29) is 37.2 Å². The molecular formula is C21H26Cl3FN2O. The molecule has 7 heteroatoms. The summed E-state index contributed by atoms with van der Waals surface area (Å²) in [6.07, 6.45) is 2.59. The predicted molar refractivity (Wildman–Crippen MR) is 116 cm³/mol. The van der Waals surface area contributed by atoms with E-state index in [2.05, 4.69) is 16.3 Å². The van der Waals surface area contributed by atoms with Gasteiger partial charge < -0.3 is 10.1 Å². The Labute approximate surface area is 183 Å². The van der Waals surface area contributed by atoms with Crippen molar-refractivity contribution in [2.75, 3.05) is 19.6 Å². The van der Waals surface area contributed by atoms with E-state index in [0.29, 0.717) is 16.6 Å². The summed E-state index contributed by atoms with van der Waals surface area (Å²) in [5, 5.41) is 4.04. The summed E-state index contributed by atoms with van der Waals surface area (Å²) in [4.78, 5) is 2.51. The van der Waals surface area contributed by atoms with Crippen molar-refractivity contribution in [1.29, 1.82) is 0 Å². The zero-order chi connectivity index (χ0) is 17.9. The lowest BCUT2D eigenvalue weighted by Crippen LogP contribution is -2.39. The fourth-order valence-electron chi connectivity index (χ4n) is 4.00. The van der Waals surface area contributed by atoms with Crippen molar-refractivity contribution in [1.82, 2.24) is 10.2 Å². The van der Waals surface area contributed by atoms with E-state index >= 15 is 0 Å². The minimum atomic E-state index is -0.329. The summed E-state index contributed by atoms with van der Waals surface area (Å²) in [7, 11) is 0. The van der Waals surface area contributed by atoms with Crippen LogP contribution in [0.3, 0.4) is 0 Å². The standard InChI is InChI=1S/C21H24ClFN2O.2ClH/c22-19-5-3-6-20(23)18(19)14-26-21-7-2-1-4-16(21)12-25-11-15-8-9-17(13-25)24-10-15;;/h1-7,15,17,24H,8-14H2;2*1H/t15-,17-;;/m0../s1. The van der Waals surface area contributed by atoms with Gasteiger partial charge in [-0.3, -0.25) is 4.90 Å². The Morgan fingerprint density at radius 2 is 1.89 bits per heavy atom. The predicted octanol–water partition coefficient (Wildman–Crippen LogP) is 5.09. The maximum atomic E-state index is 14.0. The Bertz CT molecular complexity index is 735. The van der Waals surface area contributed by atoms with Gasteiger partial charge in [-0.15, -0.1) is 24.8 Å². The van der Waals surface area contributed by atoms with Crippen LogP contribution in [-0.4, -0.2) is 30.6 Å². The molecule has 3 nitrogen and oxygen atoms in total. The molecule has 0 amide bonds. The van der Waals surface area contributed by atoms with Gasteiger partial charge in [0.05, 0.1) is 5.02 Å². The number of benzene rings is 2. The molecule has 3 heterocycles. The Hall–Kier alpha value is -1.04. The fourth-order valence-corrected chi connectivity index (χ4v) is 4.22. The molecule has 2 aromatic carbocycles. The van der Waals surface area contributed by atoms with Crippen LogP contribution in [-0.2, 0) is 13.2 Å². The summed E-state index contributed by atoms with van der Waals surface area (Å²) in [5.41, 5.74) is 1.54. The van der Waals surface area contributed by atoms with Gasteiger partial charge in [-0.25, -0.2) is 4.39 Å². The molecule has 3 aliphatic rings. The van der Waals surface area contributed by atoms with Crippen molar-refractivity contribution < 1.29 is 9.13 Å². The van der Waals surface area contributed by atoms with Gasteiger partial charge >= 0.3 is 0 Å². The van der Waals surface area contributed by atoms with Crippen molar-refractivity contribution >= 4 is 36.4 Å². The van der Waals surface area contributed by atoms with Gasteiger partial charge in [0, 0.05) is 36.8 Å². The van der Waals surface area contributed by atoms with Crippen LogP contribution < -0.4 is 10.1 Å². The molecule has 2 atom stereocenters. The van der Waals surface area contributed by atoms with E-state index in [1.165, 1.54) is 18.9 Å². The number of para-hydroxylation sites is 1. The van der Waals surface area contributed by atoms with Crippen molar-refractivity contribution in [3.05, 3.63) is 64.4 Å². The second kappa shape index (κ2) is 10.7. The Balaban J connectivity index is 0.00000140. The maximum absolute atomic E-state index is 14.0. The van der Waals surface area contributed by atoms with E-state index < -0.39 is 0 Å². The van der Waals surface area contributed by atoms with Gasteiger partial charge in [0.1, 0.15) is 18.2 Å². The van der Waals surface area contributed by atoms with E-state index in [1.54, 1.807) is 12.1 Å². The number of hydrogen-bond acceptors (Lipinski definition) is 3. The van der Waals surface area contributed by atoms with Crippen molar-refractivity contribution in [3.63, 3.8) is 0 Å². The van der Waals surface area contributed by atoms with Crippen LogP contribution in [0.15, 0.2) is 42.5 Å². The monoisotopic (exact) mass is 446 g/mol. The van der Waals surface area contributed by atoms with Gasteiger partial charge in [0.15, 0.2) is 0 Å². The summed E-state index contributed by atoms with van der Waals surface area (Å²) < 4.78 is 19.9. The van der Waals surface area contributed by atoms with Crippen LogP contribution in [0, 0.1) is 11.7 Å². The molecule has 0 radical (unpaired) electrons. The highest BCUT2D eigenvalue weighted by Gasteiger charge is 2.29. The third-order valence-electron chi connectivity index (χ3n) is 5.41. The van der Waals surface area contributed by atoms with Gasteiger partial charge in [0.25, 0.3) is 0 Å². The number of halogens is 4. The molecule has 28 heavy (non-hydrogen) atoms. The number of ether oxygens (including phenoxy) is 1. The van der Waals surface area contributed by atoms with Crippen molar-refractivity contribution in [3.8, 4) is 5.75 Å². The topological polar surface area (TPSA) is 24.5 Å². The van der Waals surface area contributed by atoms with Crippen LogP contribution in [0.1, 0.15) is 24.0 Å². The third-order valence-corrected chi connectivity index (χ3v) is 5.77. The zero-order valence-corrected chi connectivity index (χ0v) is 18.0. The second-order valence-electron chi connectivity index (χ2n) is 7.34. The first-order valence-electron chi connectivity index (χ1n) is 9.28. The molecule has 0 aliphatic carbocycles. The van der Waals surface area contributed by atoms with Crippen LogP contribution in [0.2, 0.25) is 5.02 Å². The molecule has 3 fully saturated rings. The van der Waals surface area contributed by atoms with E-state index in [9.17, 15) is 4.39 Å². The first-order chi connectivity index (χ1) is 12.7. The molecule has 0 spiro atoms. The Kier molecular flexibility index (Phi) is 8.84. The molecule has 3 aliphatic heterocycles. The molecule has 0 saturated carbocycles. The first kappa shape index (κ1) is 23.2. The lowest BCUT2D eigenvalue weighted by atomic mass is 9.97. The van der Waals surface area contributed by atoms with Crippen LogP contribution in [0.4, 0.5) is 4.39 Å². The SMILES string of the molecule is Cl.Cl.Fc1cccc(Cl)c1COc1ccccc1CN1C[C@H]2CC[C@@H](C1)NC2. The normalized spacial score (nSPS) is 21.4. The smallest absolute Gasteiger partial charge is 0.131 e. The lowest BCUT2D eigenvalue weighted by Gasteiger charge is -2.23. The average Bonchev–Trinajstić information content (AvgIpc) is 2.95. The van der Waals surface area contributed by atoms with E-state index in [0.717, 1.165) is 43.4 Å². The van der Waals surface area contributed by atoms with Gasteiger partial charge in [-0.05, 0) is 43.5 Å². The van der Waals surface area contributed by atoms with Gasteiger partial charge in [-0.2, -0.15) is 0 Å². The van der Waals surface area contributed by atoms with Crippen LogP contribution >= 0.6 is 36.4 Å². The molecule has 5 rings (SSSR count). The molecule has 2 bridgehead atoms. The number of rotatable bonds is 5. The number of nitrogens with one attached hydrogen (secondary N) is 1. The fraction of sp³-hybridized carbons (Fsp3) is 0.429. The average molecular weight is 448 g/mol. The minimum absolute atomic E-state index is 0. The summed E-state index contributed by atoms with van der Waals surface area (Å²) in [6, 6.07) is 13.3. The maximum Gasteiger partial charge on any atom is 0.131 e. The Morgan fingerprint density at radius 3 is 2.64 bits per heavy atom. The third kappa shape index (κ3) is 5.52. The highest BCUT2D eigenvalue weighted by molar-refractivity contribution is 6.31. The summed E-state index contributed by atoms with van der Waals surface area (Å²) in [5.74, 6) is 1.21. The van der Waals surface area contributed by atoms with Crippen LogP contribution in [0.25, 0.3) is 0 Å². The van der Waals surface area contributed by atoms with Crippen molar-refractivity contribution in [2.45, 2.75) is 32.0 Å². The number of hydrogen-bond donors (Lipinski definition) is 1. The van der Waals surface area contributed by atoms with Gasteiger partial charge in [-0.1, -0.05) is 35.9 Å². The summed E-state index contributed by atoms with van der Waals surface area (Å²) >= 11 is 6.11. The highest BCUT2D eigenvalue weighted by atomic mass is 35.5. The Morgan fingerprint density at radius 1 is 1.07 bits per heavy atom. The van der Waals surface area contributed by atoms with Crippen molar-refractivity contribution in [2.24, 2.45) is 5.92 Å². The lowest BCUT2D eigenvalue weighted by molar-refractivity contribution is 0.244. The molecular weight excluding hydrogens is 422 g/mol. The zero-order valence-electron chi connectivity index (χ0n) is 15.6.